The van der Waals surface area contributed by atoms with E-state index in [0.717, 1.165) is 18.4 Å². The second-order valence-electron chi connectivity index (χ2n) is 8.60. The average molecular weight is 443 g/mol. The number of cyclic esters (lactones) is 1. The summed E-state index contributed by atoms with van der Waals surface area (Å²) in [5, 5.41) is 12.3. The molecule has 1 saturated heterocycles. The molecule has 7 heteroatoms. The van der Waals surface area contributed by atoms with Crippen molar-refractivity contribution in [3.63, 3.8) is 0 Å². The SMILES string of the molecule is O=C1NCCOC(=O)C(Cc2ccccc2)CCC=CCC1CC(=O)N1CCCC1CO. The maximum atomic E-state index is 12.8. The number of hydrogen-bond donors (Lipinski definition) is 2. The Labute approximate surface area is 189 Å². The van der Waals surface area contributed by atoms with Crippen LogP contribution in [0.1, 0.15) is 44.1 Å². The van der Waals surface area contributed by atoms with Gasteiger partial charge in [-0.1, -0.05) is 42.5 Å². The van der Waals surface area contributed by atoms with Gasteiger partial charge in [-0.2, -0.15) is 0 Å². The highest BCUT2D eigenvalue weighted by molar-refractivity contribution is 5.86. The first-order valence-electron chi connectivity index (χ1n) is 11.6. The van der Waals surface area contributed by atoms with Crippen molar-refractivity contribution in [1.82, 2.24) is 10.2 Å². The average Bonchev–Trinajstić information content (AvgIpc) is 3.29. The molecule has 32 heavy (non-hydrogen) atoms. The third-order valence-corrected chi connectivity index (χ3v) is 6.27. The summed E-state index contributed by atoms with van der Waals surface area (Å²) in [6.07, 6.45) is 8.18. The van der Waals surface area contributed by atoms with Gasteiger partial charge < -0.3 is 20.1 Å². The molecule has 0 bridgehead atoms. The fourth-order valence-corrected chi connectivity index (χ4v) is 4.43. The lowest BCUT2D eigenvalue weighted by atomic mass is 9.94. The molecule has 7 nitrogen and oxygen atoms in total. The third-order valence-electron chi connectivity index (χ3n) is 6.27. The zero-order valence-electron chi connectivity index (χ0n) is 18.6. The van der Waals surface area contributed by atoms with Crippen molar-refractivity contribution in [1.29, 1.82) is 0 Å². The number of ether oxygens (including phenoxy) is 1. The number of aliphatic hydroxyl groups is 1. The molecule has 2 aliphatic rings. The highest BCUT2D eigenvalue weighted by atomic mass is 16.5. The van der Waals surface area contributed by atoms with Gasteiger partial charge in [0.1, 0.15) is 6.61 Å². The number of carbonyl (C=O) groups excluding carboxylic acids is 3. The van der Waals surface area contributed by atoms with E-state index >= 15 is 0 Å². The number of carbonyl (C=O) groups is 3. The summed E-state index contributed by atoms with van der Waals surface area (Å²) in [6.45, 7) is 0.924. The number of likely N-dealkylation sites (tertiary alicyclic amines) is 1. The smallest absolute Gasteiger partial charge is 0.309 e. The lowest BCUT2D eigenvalue weighted by Gasteiger charge is -2.25. The Morgan fingerprint density at radius 3 is 2.72 bits per heavy atom. The molecule has 1 fully saturated rings. The van der Waals surface area contributed by atoms with E-state index in [1.165, 1.54) is 0 Å². The summed E-state index contributed by atoms with van der Waals surface area (Å²) in [6, 6.07) is 9.75. The zero-order valence-corrected chi connectivity index (χ0v) is 18.6. The minimum atomic E-state index is -0.477. The van der Waals surface area contributed by atoms with E-state index in [9.17, 15) is 19.5 Å². The Morgan fingerprint density at radius 2 is 1.94 bits per heavy atom. The lowest BCUT2D eigenvalue weighted by Crippen LogP contribution is -2.41. The first-order valence-corrected chi connectivity index (χ1v) is 11.6. The van der Waals surface area contributed by atoms with Crippen LogP contribution in [0.15, 0.2) is 42.5 Å². The number of esters is 1. The zero-order chi connectivity index (χ0) is 22.8. The topological polar surface area (TPSA) is 95.9 Å². The Bertz CT molecular complexity index is 795. The number of rotatable bonds is 5. The van der Waals surface area contributed by atoms with Crippen LogP contribution in [0, 0.1) is 11.8 Å². The lowest BCUT2D eigenvalue weighted by molar-refractivity contribution is -0.149. The molecule has 174 valence electrons. The van der Waals surface area contributed by atoms with Gasteiger partial charge in [0.25, 0.3) is 0 Å². The van der Waals surface area contributed by atoms with Crippen molar-refractivity contribution in [3.8, 4) is 0 Å². The summed E-state index contributed by atoms with van der Waals surface area (Å²) >= 11 is 0. The van der Waals surface area contributed by atoms with Crippen LogP contribution in [0.4, 0.5) is 0 Å². The van der Waals surface area contributed by atoms with Crippen LogP contribution in [0.5, 0.6) is 0 Å². The van der Waals surface area contributed by atoms with E-state index < -0.39 is 5.92 Å². The van der Waals surface area contributed by atoms with Crippen LogP contribution >= 0.6 is 0 Å². The minimum Gasteiger partial charge on any atom is -0.464 e. The standard InChI is InChI=1S/C25H34N2O5/c28-18-22-12-7-14-27(22)23(29)17-20-10-5-2-6-11-21(16-19-8-3-1-4-9-19)25(31)32-15-13-26-24(20)30/h1-5,8-9,20-22,28H,6-7,10-18H2,(H,26,30). The van der Waals surface area contributed by atoms with Crippen LogP contribution in [-0.4, -0.2) is 60.1 Å². The van der Waals surface area contributed by atoms with E-state index in [0.29, 0.717) is 32.2 Å². The van der Waals surface area contributed by atoms with Gasteiger partial charge in [-0.3, -0.25) is 14.4 Å². The maximum absolute atomic E-state index is 12.8. The quantitative estimate of drug-likeness (QED) is 0.539. The van der Waals surface area contributed by atoms with Crippen molar-refractivity contribution < 1.29 is 24.2 Å². The van der Waals surface area contributed by atoms with Crippen molar-refractivity contribution in [2.75, 3.05) is 26.3 Å². The van der Waals surface area contributed by atoms with E-state index in [2.05, 4.69) is 5.32 Å². The molecule has 0 aliphatic carbocycles. The van der Waals surface area contributed by atoms with Crippen molar-refractivity contribution in [2.45, 2.75) is 51.0 Å². The predicted octanol–water partition coefficient (Wildman–Crippen LogP) is 2.23. The minimum absolute atomic E-state index is 0.0436. The molecule has 3 rings (SSSR count). The van der Waals surface area contributed by atoms with Gasteiger partial charge in [0, 0.05) is 13.0 Å². The van der Waals surface area contributed by atoms with Gasteiger partial charge in [-0.05, 0) is 44.1 Å². The maximum Gasteiger partial charge on any atom is 0.309 e. The highest BCUT2D eigenvalue weighted by Gasteiger charge is 2.31. The monoisotopic (exact) mass is 442 g/mol. The molecule has 2 N–H and O–H groups in total. The van der Waals surface area contributed by atoms with Crippen molar-refractivity contribution in [3.05, 3.63) is 48.0 Å². The molecule has 2 aliphatic heterocycles. The van der Waals surface area contributed by atoms with Crippen LogP contribution < -0.4 is 5.32 Å². The summed E-state index contributed by atoms with van der Waals surface area (Å²) in [5.41, 5.74) is 1.10. The summed E-state index contributed by atoms with van der Waals surface area (Å²) in [4.78, 5) is 39.7. The Morgan fingerprint density at radius 1 is 1.12 bits per heavy atom. The molecule has 0 radical (unpaired) electrons. The third kappa shape index (κ3) is 6.92. The number of aliphatic hydroxyl groups excluding tert-OH is 1. The highest BCUT2D eigenvalue weighted by Crippen LogP contribution is 2.22. The van der Waals surface area contributed by atoms with Crippen molar-refractivity contribution >= 4 is 17.8 Å². The van der Waals surface area contributed by atoms with Gasteiger partial charge in [0.15, 0.2) is 0 Å². The van der Waals surface area contributed by atoms with E-state index in [1.807, 2.05) is 42.5 Å². The number of hydrogen-bond acceptors (Lipinski definition) is 5. The molecule has 0 aromatic heterocycles. The first kappa shape index (κ1) is 24.0. The molecule has 0 saturated carbocycles. The Hall–Kier alpha value is -2.67. The molecular formula is C25H34N2O5. The number of amides is 2. The fraction of sp³-hybridized carbons (Fsp3) is 0.560. The molecule has 2 amide bonds. The molecular weight excluding hydrogens is 408 g/mol. The van der Waals surface area contributed by atoms with Crippen LogP contribution in [-0.2, 0) is 25.5 Å². The fourth-order valence-electron chi connectivity index (χ4n) is 4.43. The molecule has 1 aromatic rings. The largest absolute Gasteiger partial charge is 0.464 e. The number of nitrogens with zero attached hydrogens (tertiary/aromatic N) is 1. The Kier molecular flexibility index (Phi) is 9.28. The summed E-state index contributed by atoms with van der Waals surface area (Å²) in [7, 11) is 0. The molecule has 2 heterocycles. The van der Waals surface area contributed by atoms with E-state index in [1.54, 1.807) is 4.90 Å². The van der Waals surface area contributed by atoms with E-state index in [-0.39, 0.29) is 55.9 Å². The second kappa shape index (κ2) is 12.4. The van der Waals surface area contributed by atoms with Gasteiger partial charge in [-0.25, -0.2) is 0 Å². The van der Waals surface area contributed by atoms with E-state index in [4.69, 9.17) is 4.74 Å². The summed E-state index contributed by atoms with van der Waals surface area (Å²) < 4.78 is 5.43. The Balaban J connectivity index is 1.61. The normalized spacial score (nSPS) is 25.3. The van der Waals surface area contributed by atoms with Gasteiger partial charge in [0.05, 0.1) is 31.0 Å². The molecule has 1 aromatic carbocycles. The predicted molar refractivity (Wildman–Crippen MR) is 121 cm³/mol. The molecule has 0 spiro atoms. The van der Waals surface area contributed by atoms with Gasteiger partial charge >= 0.3 is 5.97 Å². The molecule has 3 unspecified atom stereocenters. The van der Waals surface area contributed by atoms with Crippen molar-refractivity contribution in [2.24, 2.45) is 11.8 Å². The first-order chi connectivity index (χ1) is 15.6. The van der Waals surface area contributed by atoms with Gasteiger partial charge in [-0.15, -0.1) is 0 Å². The molecule has 3 atom stereocenters. The van der Waals surface area contributed by atoms with Gasteiger partial charge in [0.2, 0.25) is 11.8 Å². The number of allylic oxidation sites excluding steroid dienone is 2. The second-order valence-corrected chi connectivity index (χ2v) is 8.60. The van der Waals surface area contributed by atoms with Crippen LogP contribution in [0.3, 0.4) is 0 Å². The number of nitrogens with one attached hydrogen (secondary N) is 1. The van der Waals surface area contributed by atoms with Crippen LogP contribution in [0.25, 0.3) is 0 Å². The number of benzene rings is 1. The van der Waals surface area contributed by atoms with Crippen LogP contribution in [0.2, 0.25) is 0 Å². The summed E-state index contributed by atoms with van der Waals surface area (Å²) in [5.74, 6) is -1.25.